The third kappa shape index (κ3) is 4.29. The molecule has 3 aromatic heterocycles. The van der Waals surface area contributed by atoms with E-state index in [9.17, 15) is 13.6 Å². The van der Waals surface area contributed by atoms with E-state index in [4.69, 9.17) is 4.74 Å². The van der Waals surface area contributed by atoms with Crippen molar-refractivity contribution in [2.24, 2.45) is 7.05 Å². The van der Waals surface area contributed by atoms with Crippen molar-refractivity contribution in [3.63, 3.8) is 0 Å². The number of carbonyl (C=O) groups is 1. The zero-order valence-corrected chi connectivity index (χ0v) is 20.6. The molecule has 0 unspecified atom stereocenters. The highest BCUT2D eigenvalue weighted by atomic mass is 19.1. The second-order valence-electron chi connectivity index (χ2n) is 9.30. The molecule has 1 aliphatic rings. The monoisotopic (exact) mass is 517 g/mol. The molecule has 0 radical (unpaired) electrons. The first-order chi connectivity index (χ1) is 18.5. The molecule has 9 nitrogen and oxygen atoms in total. The molecule has 1 amide bonds. The summed E-state index contributed by atoms with van der Waals surface area (Å²) in [5.41, 5.74) is 3.06. The number of hydrogen-bond donors (Lipinski definition) is 2. The predicted molar refractivity (Wildman–Crippen MR) is 138 cm³/mol. The minimum Gasteiger partial charge on any atom is -0.488 e. The zero-order chi connectivity index (χ0) is 26.2. The van der Waals surface area contributed by atoms with Crippen LogP contribution in [-0.2, 0) is 13.6 Å². The van der Waals surface area contributed by atoms with Crippen LogP contribution in [0.25, 0.3) is 22.1 Å². The fourth-order valence-corrected chi connectivity index (χ4v) is 5.08. The molecule has 11 heteroatoms. The smallest absolute Gasteiger partial charge is 0.272 e. The summed E-state index contributed by atoms with van der Waals surface area (Å²) in [6.45, 7) is 1.25. The Labute approximate surface area is 216 Å². The molecule has 4 heterocycles. The number of amides is 1. The standard InChI is InChI=1S/C27H25F2N7O2/c1-35-21-9-8-18(29)11-20(21)24(23(35)27(37)30-12-16-4-6-17(28)7-5-16)38-13-19-3-2-10-36(19)26-22-25(32-14-31-22)33-15-34-26/h4-9,11,14-15,19H,2-3,10,12-13H2,1H3,(H,30,37)(H,31,32,33,34)/t19-/m1/s1. The summed E-state index contributed by atoms with van der Waals surface area (Å²) in [4.78, 5) is 31.6. The minimum absolute atomic E-state index is 0.0243. The molecule has 1 fully saturated rings. The number of H-pyrrole nitrogens is 1. The molecule has 0 spiro atoms. The third-order valence-corrected chi connectivity index (χ3v) is 6.96. The Bertz CT molecular complexity index is 1630. The third-order valence-electron chi connectivity index (χ3n) is 6.96. The first-order valence-corrected chi connectivity index (χ1v) is 12.3. The summed E-state index contributed by atoms with van der Waals surface area (Å²) >= 11 is 0. The molecule has 0 aliphatic carbocycles. The van der Waals surface area contributed by atoms with Gasteiger partial charge in [-0.25, -0.2) is 23.7 Å². The number of aryl methyl sites for hydroxylation is 1. The van der Waals surface area contributed by atoms with Crippen LogP contribution in [0.15, 0.2) is 55.1 Å². The van der Waals surface area contributed by atoms with E-state index < -0.39 is 5.82 Å². The van der Waals surface area contributed by atoms with Gasteiger partial charge in [-0.3, -0.25) is 4.79 Å². The maximum absolute atomic E-state index is 14.3. The average Bonchev–Trinajstić information content (AvgIpc) is 3.65. The van der Waals surface area contributed by atoms with Crippen LogP contribution in [0.5, 0.6) is 5.75 Å². The Kier molecular flexibility index (Phi) is 6.10. The zero-order valence-electron chi connectivity index (χ0n) is 20.6. The van der Waals surface area contributed by atoms with E-state index in [0.717, 1.165) is 30.8 Å². The Balaban J connectivity index is 1.28. The predicted octanol–water partition coefficient (Wildman–Crippen LogP) is 4.10. The molecule has 5 aromatic rings. The summed E-state index contributed by atoms with van der Waals surface area (Å²) < 4.78 is 35.6. The van der Waals surface area contributed by atoms with E-state index in [1.807, 2.05) is 0 Å². The summed E-state index contributed by atoms with van der Waals surface area (Å²) in [6, 6.07) is 10.3. The highest BCUT2D eigenvalue weighted by molar-refractivity contribution is 6.04. The van der Waals surface area contributed by atoms with E-state index in [1.54, 1.807) is 36.1 Å². The van der Waals surface area contributed by atoms with Crippen molar-refractivity contribution in [1.29, 1.82) is 0 Å². The number of rotatable bonds is 7. The molecule has 6 rings (SSSR count). The van der Waals surface area contributed by atoms with Gasteiger partial charge >= 0.3 is 0 Å². The number of aromatic nitrogens is 5. The van der Waals surface area contributed by atoms with Crippen LogP contribution >= 0.6 is 0 Å². The van der Waals surface area contributed by atoms with Crippen LogP contribution in [0.3, 0.4) is 0 Å². The maximum Gasteiger partial charge on any atom is 0.272 e. The normalized spacial score (nSPS) is 15.4. The van der Waals surface area contributed by atoms with Crippen LogP contribution < -0.4 is 15.0 Å². The van der Waals surface area contributed by atoms with Crippen LogP contribution in [0, 0.1) is 11.6 Å². The van der Waals surface area contributed by atoms with Crippen molar-refractivity contribution in [2.75, 3.05) is 18.1 Å². The van der Waals surface area contributed by atoms with E-state index in [2.05, 4.69) is 30.2 Å². The first-order valence-electron chi connectivity index (χ1n) is 12.3. The molecule has 0 bridgehead atoms. The molecule has 2 N–H and O–H groups in total. The average molecular weight is 518 g/mol. The van der Waals surface area contributed by atoms with E-state index in [-0.39, 0.29) is 36.6 Å². The number of aromatic amines is 1. The lowest BCUT2D eigenvalue weighted by Gasteiger charge is -2.25. The number of nitrogens with one attached hydrogen (secondary N) is 2. The SMILES string of the molecule is Cn1c(C(=O)NCc2ccc(F)cc2)c(OC[C@H]2CCCN2c2ncnc3[nH]cnc23)c2cc(F)ccc21. The van der Waals surface area contributed by atoms with Crippen LogP contribution in [0.2, 0.25) is 0 Å². The molecule has 38 heavy (non-hydrogen) atoms. The van der Waals surface area contributed by atoms with Gasteiger partial charge < -0.3 is 24.5 Å². The number of benzene rings is 2. The molecular formula is C27H25F2N7O2. The summed E-state index contributed by atoms with van der Waals surface area (Å²) in [7, 11) is 1.75. The molecule has 1 saturated heterocycles. The topological polar surface area (TPSA) is 101 Å². The number of ether oxygens (including phenoxy) is 1. The second kappa shape index (κ2) is 9.73. The largest absolute Gasteiger partial charge is 0.488 e. The van der Waals surface area contributed by atoms with Crippen LogP contribution in [-0.4, -0.2) is 49.6 Å². The summed E-state index contributed by atoms with van der Waals surface area (Å²) in [5, 5.41) is 3.39. The molecule has 2 aromatic carbocycles. The van der Waals surface area contributed by atoms with Crippen molar-refractivity contribution in [2.45, 2.75) is 25.4 Å². The molecule has 1 aliphatic heterocycles. The quantitative estimate of drug-likeness (QED) is 0.337. The van der Waals surface area contributed by atoms with Gasteiger partial charge in [0.1, 0.15) is 30.1 Å². The minimum atomic E-state index is -0.421. The fraction of sp³-hybridized carbons (Fsp3) is 0.259. The number of fused-ring (bicyclic) bond motifs is 2. The first kappa shape index (κ1) is 23.8. The van der Waals surface area contributed by atoms with E-state index >= 15 is 0 Å². The Morgan fingerprint density at radius 1 is 1.13 bits per heavy atom. The van der Waals surface area contributed by atoms with Gasteiger partial charge in [0.2, 0.25) is 0 Å². The van der Waals surface area contributed by atoms with Crippen molar-refractivity contribution in [3.8, 4) is 5.75 Å². The summed E-state index contributed by atoms with van der Waals surface area (Å²) in [5.74, 6) is -0.0968. The lowest BCUT2D eigenvalue weighted by atomic mass is 10.2. The van der Waals surface area contributed by atoms with Crippen LogP contribution in [0.4, 0.5) is 14.6 Å². The van der Waals surface area contributed by atoms with Crippen molar-refractivity contribution in [1.82, 2.24) is 29.8 Å². The Morgan fingerprint density at radius 3 is 2.79 bits per heavy atom. The van der Waals surface area contributed by atoms with Gasteiger partial charge in [0.15, 0.2) is 22.9 Å². The fourth-order valence-electron chi connectivity index (χ4n) is 5.08. The molecule has 194 valence electrons. The molecule has 1 atom stereocenters. The Hall–Kier alpha value is -4.54. The lowest BCUT2D eigenvalue weighted by molar-refractivity contribution is 0.0938. The van der Waals surface area contributed by atoms with E-state index in [1.165, 1.54) is 30.6 Å². The van der Waals surface area contributed by atoms with Crippen molar-refractivity contribution in [3.05, 3.63) is 78.0 Å². The number of carbonyl (C=O) groups excluding carboxylic acids is 1. The van der Waals surface area contributed by atoms with E-state index in [0.29, 0.717) is 27.8 Å². The van der Waals surface area contributed by atoms with Crippen molar-refractivity contribution >= 4 is 33.8 Å². The van der Waals surface area contributed by atoms with Gasteiger partial charge in [-0.05, 0) is 48.7 Å². The summed E-state index contributed by atoms with van der Waals surface area (Å²) in [6.07, 6.45) is 4.90. The maximum atomic E-state index is 14.3. The number of hydrogen-bond acceptors (Lipinski definition) is 6. The van der Waals surface area contributed by atoms with Crippen molar-refractivity contribution < 1.29 is 18.3 Å². The van der Waals surface area contributed by atoms with Gasteiger partial charge in [0.05, 0.1) is 17.9 Å². The number of nitrogens with zero attached hydrogens (tertiary/aromatic N) is 5. The molecule has 0 saturated carbocycles. The van der Waals surface area contributed by atoms with Crippen LogP contribution in [0.1, 0.15) is 28.9 Å². The highest BCUT2D eigenvalue weighted by Gasteiger charge is 2.30. The second-order valence-corrected chi connectivity index (χ2v) is 9.30. The van der Waals surface area contributed by atoms with Gasteiger partial charge in [-0.1, -0.05) is 12.1 Å². The van der Waals surface area contributed by atoms with Gasteiger partial charge in [-0.15, -0.1) is 0 Å². The number of imidazole rings is 1. The molecular weight excluding hydrogens is 492 g/mol. The number of anilines is 1. The lowest BCUT2D eigenvalue weighted by Crippen LogP contribution is -2.35. The van der Waals surface area contributed by atoms with Gasteiger partial charge in [0, 0.05) is 25.5 Å². The highest BCUT2D eigenvalue weighted by Crippen LogP contribution is 2.35. The number of halogens is 2. The Morgan fingerprint density at radius 2 is 1.95 bits per heavy atom. The van der Waals surface area contributed by atoms with Gasteiger partial charge in [-0.2, -0.15) is 0 Å². The van der Waals surface area contributed by atoms with Gasteiger partial charge in [0.25, 0.3) is 5.91 Å².